The van der Waals surface area contributed by atoms with Crippen LogP contribution >= 0.6 is 11.6 Å². The predicted molar refractivity (Wildman–Crippen MR) is 71.3 cm³/mol. The Balaban J connectivity index is 2.17. The van der Waals surface area contributed by atoms with Crippen molar-refractivity contribution in [3.63, 3.8) is 0 Å². The number of aromatic nitrogens is 1. The molecule has 0 saturated heterocycles. The minimum Gasteiger partial charge on any atom is -0.322 e. The molecular formula is C14H11ClF4N2. The molecule has 0 fully saturated rings. The van der Waals surface area contributed by atoms with Gasteiger partial charge in [-0.2, -0.15) is 13.2 Å². The van der Waals surface area contributed by atoms with Crippen LogP contribution in [-0.4, -0.2) is 4.98 Å². The number of hydrogen-bond acceptors (Lipinski definition) is 2. The van der Waals surface area contributed by atoms with Crippen LogP contribution in [0.4, 0.5) is 17.6 Å². The molecule has 0 aliphatic rings. The van der Waals surface area contributed by atoms with Crippen molar-refractivity contribution in [1.29, 1.82) is 0 Å². The van der Waals surface area contributed by atoms with Crippen LogP contribution in [0.3, 0.4) is 0 Å². The molecule has 0 aliphatic heterocycles. The number of rotatable bonds is 3. The standard InChI is InChI=1S/C14H11ClF4N2/c15-11-3-2-10(16)5-8(11)6-12(20)13-4-1-9(7-21-13)14(17,18)19/h1-5,7,12H,6,20H2. The van der Waals surface area contributed by atoms with Gasteiger partial charge in [-0.05, 0) is 42.3 Å². The summed E-state index contributed by atoms with van der Waals surface area (Å²) >= 11 is 5.92. The minimum atomic E-state index is -4.44. The van der Waals surface area contributed by atoms with Crippen LogP contribution in [0.1, 0.15) is 22.9 Å². The van der Waals surface area contributed by atoms with Gasteiger partial charge in [0.05, 0.1) is 17.3 Å². The zero-order valence-electron chi connectivity index (χ0n) is 10.7. The van der Waals surface area contributed by atoms with Crippen LogP contribution in [0.5, 0.6) is 0 Å². The monoisotopic (exact) mass is 318 g/mol. The van der Waals surface area contributed by atoms with Crippen LogP contribution in [0.25, 0.3) is 0 Å². The smallest absolute Gasteiger partial charge is 0.322 e. The van der Waals surface area contributed by atoms with Crippen molar-refractivity contribution < 1.29 is 17.6 Å². The van der Waals surface area contributed by atoms with Crippen LogP contribution in [0.2, 0.25) is 5.02 Å². The number of pyridine rings is 1. The third-order valence-corrected chi connectivity index (χ3v) is 3.31. The van der Waals surface area contributed by atoms with Gasteiger partial charge in [-0.1, -0.05) is 11.6 Å². The number of hydrogen-bond donors (Lipinski definition) is 1. The summed E-state index contributed by atoms with van der Waals surface area (Å²) in [5.41, 5.74) is 5.79. The number of benzene rings is 1. The summed E-state index contributed by atoms with van der Waals surface area (Å²) in [5, 5.41) is 0.346. The number of nitrogens with two attached hydrogens (primary N) is 1. The van der Waals surface area contributed by atoms with Crippen molar-refractivity contribution in [3.05, 3.63) is 64.2 Å². The molecule has 2 nitrogen and oxygen atoms in total. The van der Waals surface area contributed by atoms with Crippen molar-refractivity contribution in [2.24, 2.45) is 5.73 Å². The second-order valence-corrected chi connectivity index (χ2v) is 4.92. The average Bonchev–Trinajstić information content (AvgIpc) is 2.42. The predicted octanol–water partition coefficient (Wildman–Crippen LogP) is 4.14. The highest BCUT2D eigenvalue weighted by molar-refractivity contribution is 6.31. The fourth-order valence-corrected chi connectivity index (χ4v) is 2.03. The molecule has 7 heteroatoms. The maximum absolute atomic E-state index is 13.1. The van der Waals surface area contributed by atoms with E-state index < -0.39 is 23.6 Å². The van der Waals surface area contributed by atoms with E-state index in [0.29, 0.717) is 10.6 Å². The minimum absolute atomic E-state index is 0.176. The lowest BCUT2D eigenvalue weighted by Crippen LogP contribution is -2.16. The average molecular weight is 319 g/mol. The first kappa shape index (κ1) is 15.7. The quantitative estimate of drug-likeness (QED) is 0.864. The number of nitrogens with zero attached hydrogens (tertiary/aromatic N) is 1. The second kappa shape index (κ2) is 5.99. The fourth-order valence-electron chi connectivity index (χ4n) is 1.83. The van der Waals surface area contributed by atoms with E-state index in [1.54, 1.807) is 0 Å². The summed E-state index contributed by atoms with van der Waals surface area (Å²) in [4.78, 5) is 3.71. The van der Waals surface area contributed by atoms with Crippen molar-refractivity contribution in [2.75, 3.05) is 0 Å². The van der Waals surface area contributed by atoms with Crippen LogP contribution in [0.15, 0.2) is 36.5 Å². The van der Waals surface area contributed by atoms with Crippen LogP contribution in [0, 0.1) is 5.82 Å². The molecule has 0 amide bonds. The molecule has 1 heterocycles. The normalized spacial score (nSPS) is 13.2. The zero-order valence-corrected chi connectivity index (χ0v) is 11.4. The Kier molecular flexibility index (Phi) is 4.49. The van der Waals surface area contributed by atoms with E-state index in [1.165, 1.54) is 24.3 Å². The molecule has 0 radical (unpaired) electrons. The molecule has 0 spiro atoms. The van der Waals surface area contributed by atoms with Gasteiger partial charge in [0.2, 0.25) is 0 Å². The first-order valence-electron chi connectivity index (χ1n) is 6.00. The first-order valence-corrected chi connectivity index (χ1v) is 6.38. The van der Waals surface area contributed by atoms with Crippen LogP contribution < -0.4 is 5.73 Å². The Morgan fingerprint density at radius 2 is 1.90 bits per heavy atom. The molecule has 1 unspecified atom stereocenters. The molecule has 0 saturated carbocycles. The van der Waals surface area contributed by atoms with Gasteiger partial charge in [0.1, 0.15) is 5.82 Å². The number of alkyl halides is 3. The summed E-state index contributed by atoms with van der Waals surface area (Å²) in [6, 6.07) is 5.31. The molecule has 0 bridgehead atoms. The van der Waals surface area contributed by atoms with E-state index in [2.05, 4.69) is 4.98 Å². The van der Waals surface area contributed by atoms with E-state index >= 15 is 0 Å². The summed E-state index contributed by atoms with van der Waals surface area (Å²) in [5.74, 6) is -0.457. The lowest BCUT2D eigenvalue weighted by Gasteiger charge is -2.13. The number of halogens is 5. The van der Waals surface area contributed by atoms with Gasteiger partial charge >= 0.3 is 6.18 Å². The topological polar surface area (TPSA) is 38.9 Å². The van der Waals surface area contributed by atoms with Crippen molar-refractivity contribution in [1.82, 2.24) is 4.98 Å². The summed E-state index contributed by atoms with van der Waals surface area (Å²) in [6.45, 7) is 0. The largest absolute Gasteiger partial charge is 0.417 e. The fraction of sp³-hybridized carbons (Fsp3) is 0.214. The molecule has 0 aliphatic carbocycles. The molecule has 112 valence electrons. The van der Waals surface area contributed by atoms with Gasteiger partial charge in [-0.3, -0.25) is 4.98 Å². The zero-order chi connectivity index (χ0) is 15.6. The second-order valence-electron chi connectivity index (χ2n) is 4.52. The Morgan fingerprint density at radius 1 is 1.19 bits per heavy atom. The lowest BCUT2D eigenvalue weighted by atomic mass is 10.0. The van der Waals surface area contributed by atoms with E-state index in [-0.39, 0.29) is 12.1 Å². The molecule has 1 aromatic carbocycles. The highest BCUT2D eigenvalue weighted by atomic mass is 35.5. The summed E-state index contributed by atoms with van der Waals surface area (Å²) in [7, 11) is 0. The van der Waals surface area contributed by atoms with Crippen molar-refractivity contribution >= 4 is 11.6 Å². The molecule has 1 aromatic heterocycles. The Morgan fingerprint density at radius 3 is 2.48 bits per heavy atom. The van der Waals surface area contributed by atoms with E-state index in [4.69, 9.17) is 17.3 Å². The summed E-state index contributed by atoms with van der Waals surface area (Å²) < 4.78 is 50.4. The van der Waals surface area contributed by atoms with E-state index in [9.17, 15) is 17.6 Å². The van der Waals surface area contributed by atoms with E-state index in [1.807, 2.05) is 0 Å². The van der Waals surface area contributed by atoms with Gasteiger partial charge in [0.15, 0.2) is 0 Å². The Labute approximate surface area is 123 Å². The molecule has 2 aromatic rings. The van der Waals surface area contributed by atoms with Crippen molar-refractivity contribution in [3.8, 4) is 0 Å². The first-order chi connectivity index (χ1) is 9.77. The van der Waals surface area contributed by atoms with Gasteiger partial charge in [0, 0.05) is 11.2 Å². The van der Waals surface area contributed by atoms with Crippen molar-refractivity contribution in [2.45, 2.75) is 18.6 Å². The maximum Gasteiger partial charge on any atom is 0.417 e. The van der Waals surface area contributed by atoms with Gasteiger partial charge in [-0.25, -0.2) is 4.39 Å². The molecule has 2 rings (SSSR count). The Hall–Kier alpha value is -1.66. The SMILES string of the molecule is NC(Cc1cc(F)ccc1Cl)c1ccc(C(F)(F)F)cn1. The van der Waals surface area contributed by atoms with Gasteiger partial charge in [-0.15, -0.1) is 0 Å². The molecular weight excluding hydrogens is 308 g/mol. The van der Waals surface area contributed by atoms with Crippen LogP contribution in [-0.2, 0) is 12.6 Å². The third kappa shape index (κ3) is 3.92. The molecule has 2 N–H and O–H groups in total. The summed E-state index contributed by atoms with van der Waals surface area (Å²) in [6.07, 6.45) is -3.54. The highest BCUT2D eigenvalue weighted by Crippen LogP contribution is 2.29. The molecule has 21 heavy (non-hydrogen) atoms. The third-order valence-electron chi connectivity index (χ3n) is 2.94. The Bertz CT molecular complexity index is 626. The van der Waals surface area contributed by atoms with E-state index in [0.717, 1.165) is 12.3 Å². The van der Waals surface area contributed by atoms with Gasteiger partial charge < -0.3 is 5.73 Å². The molecule has 1 atom stereocenters. The highest BCUT2D eigenvalue weighted by Gasteiger charge is 2.30. The van der Waals surface area contributed by atoms with Gasteiger partial charge in [0.25, 0.3) is 0 Å². The maximum atomic E-state index is 13.1. The lowest BCUT2D eigenvalue weighted by molar-refractivity contribution is -0.137.